The number of amides is 1. The lowest BCUT2D eigenvalue weighted by atomic mass is 10.1. The number of aryl methyl sites for hydroxylation is 1. The van der Waals surface area contributed by atoms with E-state index >= 15 is 0 Å². The fraction of sp³-hybridized carbons (Fsp3) is 0.316. The van der Waals surface area contributed by atoms with Gasteiger partial charge in [-0.2, -0.15) is 13.2 Å². The first-order valence-corrected chi connectivity index (χ1v) is 8.47. The van der Waals surface area contributed by atoms with Crippen LogP contribution in [0.4, 0.5) is 18.9 Å². The average Bonchev–Trinajstić information content (AvgIpc) is 2.62. The van der Waals surface area contributed by atoms with Gasteiger partial charge in [0.25, 0.3) is 5.91 Å². The van der Waals surface area contributed by atoms with Crippen LogP contribution < -0.4 is 10.1 Å². The minimum absolute atomic E-state index is 0.0644. The van der Waals surface area contributed by atoms with E-state index in [4.69, 9.17) is 9.47 Å². The van der Waals surface area contributed by atoms with Crippen molar-refractivity contribution in [2.75, 3.05) is 18.5 Å². The molecule has 0 aliphatic heterocycles. The van der Waals surface area contributed by atoms with Crippen LogP contribution in [0.3, 0.4) is 0 Å². The Bertz CT molecular complexity index is 882. The summed E-state index contributed by atoms with van der Waals surface area (Å²) in [6.07, 6.45) is -4.57. The van der Waals surface area contributed by atoms with Crippen LogP contribution in [0.15, 0.2) is 30.3 Å². The van der Waals surface area contributed by atoms with E-state index in [0.29, 0.717) is 0 Å². The molecule has 28 heavy (non-hydrogen) atoms. The molecule has 1 aromatic heterocycles. The number of carbonyl (C=O) groups is 2. The molecule has 0 saturated carbocycles. The number of aromatic nitrogens is 1. The summed E-state index contributed by atoms with van der Waals surface area (Å²) in [5, 5.41) is 2.38. The van der Waals surface area contributed by atoms with E-state index in [1.165, 1.54) is 19.1 Å². The second-order valence-electron chi connectivity index (χ2n) is 5.65. The van der Waals surface area contributed by atoms with Gasteiger partial charge in [-0.3, -0.25) is 4.79 Å². The molecule has 0 unspecified atom stereocenters. The van der Waals surface area contributed by atoms with Crippen molar-refractivity contribution in [3.8, 4) is 5.75 Å². The highest BCUT2D eigenvalue weighted by molar-refractivity contribution is 6.04. The second-order valence-corrected chi connectivity index (χ2v) is 5.65. The number of pyridine rings is 1. The summed E-state index contributed by atoms with van der Waals surface area (Å²) in [4.78, 5) is 28.3. The number of benzene rings is 1. The Labute approximate surface area is 159 Å². The van der Waals surface area contributed by atoms with Crippen molar-refractivity contribution in [1.29, 1.82) is 0 Å². The van der Waals surface area contributed by atoms with Crippen LogP contribution in [0.1, 0.15) is 46.0 Å². The third-order valence-corrected chi connectivity index (χ3v) is 3.67. The lowest BCUT2D eigenvalue weighted by Crippen LogP contribution is -2.17. The molecule has 0 fully saturated rings. The maximum Gasteiger partial charge on any atom is 0.416 e. The Morgan fingerprint density at radius 3 is 2.39 bits per heavy atom. The second kappa shape index (κ2) is 8.73. The molecule has 1 N–H and O–H groups in total. The first-order chi connectivity index (χ1) is 13.2. The van der Waals surface area contributed by atoms with Crippen molar-refractivity contribution in [3.05, 3.63) is 52.8 Å². The summed E-state index contributed by atoms with van der Waals surface area (Å²) in [5.41, 5.74) is -0.651. The topological polar surface area (TPSA) is 77.5 Å². The lowest BCUT2D eigenvalue weighted by Gasteiger charge is -2.15. The number of rotatable bonds is 6. The number of ether oxygens (including phenoxy) is 2. The highest BCUT2D eigenvalue weighted by Gasteiger charge is 2.31. The fourth-order valence-electron chi connectivity index (χ4n) is 2.38. The van der Waals surface area contributed by atoms with E-state index < -0.39 is 23.6 Å². The zero-order valence-electron chi connectivity index (χ0n) is 15.5. The predicted octanol–water partition coefficient (Wildman–Crippen LogP) is 4.24. The average molecular weight is 396 g/mol. The number of hydrogen-bond acceptors (Lipinski definition) is 5. The van der Waals surface area contributed by atoms with E-state index in [1.807, 2.05) is 0 Å². The van der Waals surface area contributed by atoms with Crippen molar-refractivity contribution in [2.45, 2.75) is 26.9 Å². The predicted molar refractivity (Wildman–Crippen MR) is 95.5 cm³/mol. The summed E-state index contributed by atoms with van der Waals surface area (Å²) < 4.78 is 49.1. The Morgan fingerprint density at radius 2 is 1.82 bits per heavy atom. The van der Waals surface area contributed by atoms with Crippen LogP contribution in [0.5, 0.6) is 5.75 Å². The summed E-state index contributed by atoms with van der Waals surface area (Å²) >= 11 is 0. The molecule has 0 aliphatic carbocycles. The Kier molecular flexibility index (Phi) is 6.61. The van der Waals surface area contributed by atoms with Gasteiger partial charge < -0.3 is 14.8 Å². The van der Waals surface area contributed by atoms with Gasteiger partial charge in [0, 0.05) is 0 Å². The molecule has 1 aromatic carbocycles. The van der Waals surface area contributed by atoms with Gasteiger partial charge in [-0.1, -0.05) is 0 Å². The smallest absolute Gasteiger partial charge is 0.416 e. The molecule has 6 nitrogen and oxygen atoms in total. The number of carbonyl (C=O) groups excluding carboxylic acids is 2. The van der Waals surface area contributed by atoms with E-state index in [0.717, 1.165) is 18.2 Å². The number of esters is 1. The molecule has 0 saturated heterocycles. The normalized spacial score (nSPS) is 11.1. The molecular weight excluding hydrogens is 377 g/mol. The van der Waals surface area contributed by atoms with Crippen LogP contribution in [-0.4, -0.2) is 30.1 Å². The van der Waals surface area contributed by atoms with Gasteiger partial charge in [0.15, 0.2) is 0 Å². The molecule has 0 radical (unpaired) electrons. The zero-order chi connectivity index (χ0) is 20.9. The molecule has 2 aromatic rings. The lowest BCUT2D eigenvalue weighted by molar-refractivity contribution is -0.137. The highest BCUT2D eigenvalue weighted by atomic mass is 19.4. The van der Waals surface area contributed by atoms with Crippen molar-refractivity contribution < 1.29 is 32.2 Å². The largest absolute Gasteiger partial charge is 0.492 e. The van der Waals surface area contributed by atoms with Gasteiger partial charge in [-0.15, -0.1) is 0 Å². The quantitative estimate of drug-likeness (QED) is 0.739. The standard InChI is InChI=1S/C19H19F3N2O4/c1-4-27-16-9-6-12(19(20,21)22)10-15(16)24-17(25)14-8-7-13(11(3)23-14)18(26)28-5-2/h6-10H,4-5H2,1-3H3,(H,24,25). The van der Waals surface area contributed by atoms with Gasteiger partial charge >= 0.3 is 12.1 Å². The van der Waals surface area contributed by atoms with Gasteiger partial charge in [-0.05, 0) is 51.1 Å². The number of nitrogens with one attached hydrogen (secondary N) is 1. The van der Waals surface area contributed by atoms with Gasteiger partial charge in [0.2, 0.25) is 0 Å². The molecule has 0 aliphatic rings. The molecule has 0 atom stereocenters. The van der Waals surface area contributed by atoms with E-state index in [2.05, 4.69) is 10.3 Å². The molecule has 0 bridgehead atoms. The highest BCUT2D eigenvalue weighted by Crippen LogP contribution is 2.35. The van der Waals surface area contributed by atoms with Crippen LogP contribution in [0, 0.1) is 6.92 Å². The van der Waals surface area contributed by atoms with E-state index in [1.54, 1.807) is 13.8 Å². The summed E-state index contributed by atoms with van der Waals surface area (Å²) in [6, 6.07) is 5.48. The maximum absolute atomic E-state index is 13.0. The molecular formula is C19H19F3N2O4. The molecule has 2 rings (SSSR count). The minimum atomic E-state index is -4.57. The summed E-state index contributed by atoms with van der Waals surface area (Å²) in [5.74, 6) is -1.21. The number of nitrogens with zero attached hydrogens (tertiary/aromatic N) is 1. The first-order valence-electron chi connectivity index (χ1n) is 8.47. The van der Waals surface area contributed by atoms with Crippen molar-refractivity contribution >= 4 is 17.6 Å². The van der Waals surface area contributed by atoms with Crippen LogP contribution in [0.2, 0.25) is 0 Å². The number of hydrogen-bond donors (Lipinski definition) is 1. The van der Waals surface area contributed by atoms with Gasteiger partial charge in [-0.25, -0.2) is 9.78 Å². The molecule has 9 heteroatoms. The first kappa shape index (κ1) is 21.2. The third kappa shape index (κ3) is 4.99. The van der Waals surface area contributed by atoms with Crippen molar-refractivity contribution in [2.24, 2.45) is 0 Å². The van der Waals surface area contributed by atoms with Crippen LogP contribution >= 0.6 is 0 Å². The minimum Gasteiger partial charge on any atom is -0.492 e. The third-order valence-electron chi connectivity index (χ3n) is 3.67. The maximum atomic E-state index is 13.0. The van der Waals surface area contributed by atoms with E-state index in [-0.39, 0.29) is 41.6 Å². The summed E-state index contributed by atoms with van der Waals surface area (Å²) in [7, 11) is 0. The fourth-order valence-corrected chi connectivity index (χ4v) is 2.38. The number of alkyl halides is 3. The number of anilines is 1. The molecule has 1 heterocycles. The molecule has 1 amide bonds. The van der Waals surface area contributed by atoms with E-state index in [9.17, 15) is 22.8 Å². The molecule has 0 spiro atoms. The molecule has 150 valence electrons. The van der Waals surface area contributed by atoms with Crippen molar-refractivity contribution in [3.63, 3.8) is 0 Å². The Hall–Kier alpha value is -3.10. The Balaban J connectivity index is 2.31. The SMILES string of the molecule is CCOC(=O)c1ccc(C(=O)Nc2cc(C(F)(F)F)ccc2OCC)nc1C. The monoisotopic (exact) mass is 396 g/mol. The summed E-state index contributed by atoms with van der Waals surface area (Å²) in [6.45, 7) is 5.25. The van der Waals surface area contributed by atoms with Crippen LogP contribution in [-0.2, 0) is 10.9 Å². The van der Waals surface area contributed by atoms with Gasteiger partial charge in [0.1, 0.15) is 11.4 Å². The van der Waals surface area contributed by atoms with Gasteiger partial charge in [0.05, 0.1) is 35.7 Å². The van der Waals surface area contributed by atoms with Crippen LogP contribution in [0.25, 0.3) is 0 Å². The van der Waals surface area contributed by atoms with Crippen molar-refractivity contribution in [1.82, 2.24) is 4.98 Å². The number of halogens is 3. The Morgan fingerprint density at radius 1 is 1.11 bits per heavy atom. The zero-order valence-corrected chi connectivity index (χ0v) is 15.5.